The Morgan fingerprint density at radius 3 is 3.08 bits per heavy atom. The highest BCUT2D eigenvalue weighted by Crippen LogP contribution is 2.06. The Kier molecular flexibility index (Phi) is 1.37. The van der Waals surface area contributed by atoms with E-state index in [9.17, 15) is 0 Å². The molecule has 0 bridgehead atoms. The third-order valence-electron chi connectivity index (χ3n) is 1.85. The van der Waals surface area contributed by atoms with Crippen LogP contribution in [-0.2, 0) is 6.54 Å². The molecule has 2 rings (SSSR count). The van der Waals surface area contributed by atoms with Crippen LogP contribution in [0.3, 0.4) is 0 Å². The van der Waals surface area contributed by atoms with E-state index in [1.54, 1.807) is 10.6 Å². The van der Waals surface area contributed by atoms with E-state index in [4.69, 9.17) is 5.26 Å². The molecule has 2 heterocycles. The highest BCUT2D eigenvalue weighted by molar-refractivity contribution is 5.44. The first-order valence-corrected chi connectivity index (χ1v) is 3.79. The number of aromatic nitrogens is 3. The zero-order valence-electron chi connectivity index (χ0n) is 6.73. The summed E-state index contributed by atoms with van der Waals surface area (Å²) in [6.07, 6.45) is 3.79. The van der Waals surface area contributed by atoms with Crippen LogP contribution in [-0.4, -0.2) is 14.2 Å². The molecule has 0 atom stereocenters. The molecule has 4 nitrogen and oxygen atoms in total. The van der Waals surface area contributed by atoms with Crippen LogP contribution < -0.4 is 0 Å². The van der Waals surface area contributed by atoms with E-state index in [2.05, 4.69) is 12.0 Å². The Balaban J connectivity index is 2.70. The van der Waals surface area contributed by atoms with Crippen molar-refractivity contribution in [1.82, 2.24) is 14.2 Å². The van der Waals surface area contributed by atoms with Gasteiger partial charge in [-0.1, -0.05) is 0 Å². The summed E-state index contributed by atoms with van der Waals surface area (Å²) in [4.78, 5) is 0. The first kappa shape index (κ1) is 6.92. The summed E-state index contributed by atoms with van der Waals surface area (Å²) in [6, 6.07) is 3.79. The monoisotopic (exact) mass is 160 g/mol. The number of nitriles is 1. The van der Waals surface area contributed by atoms with Crippen LogP contribution in [0.5, 0.6) is 0 Å². The summed E-state index contributed by atoms with van der Waals surface area (Å²) < 4.78 is 3.75. The van der Waals surface area contributed by atoms with Crippen molar-refractivity contribution in [3.05, 3.63) is 24.2 Å². The molecule has 0 unspecified atom stereocenters. The van der Waals surface area contributed by atoms with Crippen LogP contribution in [0.15, 0.2) is 18.5 Å². The van der Waals surface area contributed by atoms with Gasteiger partial charge in [0.1, 0.15) is 11.7 Å². The molecule has 0 saturated carbocycles. The van der Waals surface area contributed by atoms with Gasteiger partial charge in [-0.15, -0.1) is 0 Å². The predicted octanol–water partition coefficient (Wildman–Crippen LogP) is 1.03. The van der Waals surface area contributed by atoms with Crippen molar-refractivity contribution in [2.24, 2.45) is 0 Å². The van der Waals surface area contributed by atoms with Crippen molar-refractivity contribution in [2.45, 2.75) is 13.5 Å². The van der Waals surface area contributed by atoms with Gasteiger partial charge in [0.2, 0.25) is 0 Å². The summed E-state index contributed by atoms with van der Waals surface area (Å²) in [6.45, 7) is 2.95. The van der Waals surface area contributed by atoms with Crippen molar-refractivity contribution >= 4 is 5.65 Å². The summed E-state index contributed by atoms with van der Waals surface area (Å²) in [7, 11) is 0. The summed E-state index contributed by atoms with van der Waals surface area (Å²) >= 11 is 0. The second-order valence-electron chi connectivity index (χ2n) is 2.53. The number of nitrogens with zero attached hydrogens (tertiary/aromatic N) is 4. The van der Waals surface area contributed by atoms with E-state index in [-0.39, 0.29) is 0 Å². The Labute approximate surface area is 69.6 Å². The normalized spacial score (nSPS) is 10.3. The van der Waals surface area contributed by atoms with Crippen molar-refractivity contribution in [2.75, 3.05) is 0 Å². The lowest BCUT2D eigenvalue weighted by Crippen LogP contribution is -1.90. The minimum absolute atomic E-state index is 0.466. The molecule has 0 aliphatic heterocycles. The molecule has 0 radical (unpaired) electrons. The molecule has 2 aromatic rings. The van der Waals surface area contributed by atoms with Crippen LogP contribution in [0.4, 0.5) is 0 Å². The predicted molar refractivity (Wildman–Crippen MR) is 43.6 cm³/mol. The van der Waals surface area contributed by atoms with Crippen molar-refractivity contribution in [3.63, 3.8) is 0 Å². The molecule has 0 aromatic carbocycles. The number of aryl methyl sites for hydroxylation is 1. The lowest BCUT2D eigenvalue weighted by Gasteiger charge is -1.93. The number of imidazole rings is 1. The Bertz CT molecular complexity index is 443. The number of hydrogen-bond acceptors (Lipinski definition) is 2. The van der Waals surface area contributed by atoms with E-state index in [0.717, 1.165) is 12.2 Å². The molecule has 60 valence electrons. The molecule has 0 N–H and O–H groups in total. The molecule has 2 aromatic heterocycles. The summed E-state index contributed by atoms with van der Waals surface area (Å²) in [5, 5.41) is 12.6. The second-order valence-corrected chi connectivity index (χ2v) is 2.53. The smallest absolute Gasteiger partial charge is 0.165 e. The van der Waals surface area contributed by atoms with Gasteiger partial charge in [-0.05, 0) is 6.92 Å². The fourth-order valence-electron chi connectivity index (χ4n) is 1.25. The first-order chi connectivity index (χ1) is 5.85. The Morgan fingerprint density at radius 1 is 1.58 bits per heavy atom. The third kappa shape index (κ3) is 0.800. The van der Waals surface area contributed by atoms with Crippen molar-refractivity contribution in [1.29, 1.82) is 5.26 Å². The average molecular weight is 160 g/mol. The fourth-order valence-corrected chi connectivity index (χ4v) is 1.25. The standard InChI is InChI=1S/C8H8N4/c1-2-11-3-4-12-8(11)5-7(6-9)10-12/h3-5H,2H2,1H3. The molecule has 0 aliphatic carbocycles. The number of rotatable bonds is 1. The number of hydrogen-bond donors (Lipinski definition) is 0. The molecular formula is C8H8N4. The first-order valence-electron chi connectivity index (χ1n) is 3.79. The third-order valence-corrected chi connectivity index (χ3v) is 1.85. The summed E-state index contributed by atoms with van der Waals surface area (Å²) in [5.41, 5.74) is 1.43. The molecule has 0 spiro atoms. The zero-order valence-corrected chi connectivity index (χ0v) is 6.73. The van der Waals surface area contributed by atoms with Crippen LogP contribution in [0.25, 0.3) is 5.65 Å². The highest BCUT2D eigenvalue weighted by atomic mass is 15.3. The second kappa shape index (κ2) is 2.38. The maximum absolute atomic E-state index is 8.59. The van der Waals surface area contributed by atoms with Gasteiger partial charge in [-0.2, -0.15) is 10.4 Å². The van der Waals surface area contributed by atoms with Gasteiger partial charge in [0, 0.05) is 25.0 Å². The minimum Gasteiger partial charge on any atom is -0.332 e. The molecule has 4 heteroatoms. The molecular weight excluding hydrogens is 152 g/mol. The van der Waals surface area contributed by atoms with Gasteiger partial charge in [0.25, 0.3) is 0 Å². The molecule has 0 aliphatic rings. The molecule has 0 saturated heterocycles. The van der Waals surface area contributed by atoms with Crippen LogP contribution in [0.1, 0.15) is 12.6 Å². The lowest BCUT2D eigenvalue weighted by atomic mass is 10.5. The van der Waals surface area contributed by atoms with Gasteiger partial charge in [0.15, 0.2) is 5.69 Å². The van der Waals surface area contributed by atoms with E-state index >= 15 is 0 Å². The van der Waals surface area contributed by atoms with Crippen LogP contribution in [0.2, 0.25) is 0 Å². The van der Waals surface area contributed by atoms with Gasteiger partial charge in [-0.3, -0.25) is 0 Å². The van der Waals surface area contributed by atoms with Crippen LogP contribution >= 0.6 is 0 Å². The SMILES string of the molecule is CCn1ccn2nc(C#N)cc12. The maximum atomic E-state index is 8.59. The van der Waals surface area contributed by atoms with E-state index in [1.807, 2.05) is 23.0 Å². The van der Waals surface area contributed by atoms with Gasteiger partial charge >= 0.3 is 0 Å². The topological polar surface area (TPSA) is 46.0 Å². The minimum atomic E-state index is 0.466. The quantitative estimate of drug-likeness (QED) is 0.625. The highest BCUT2D eigenvalue weighted by Gasteiger charge is 2.03. The van der Waals surface area contributed by atoms with Crippen molar-refractivity contribution < 1.29 is 0 Å². The molecule has 0 fully saturated rings. The average Bonchev–Trinajstić information content (AvgIpc) is 2.61. The lowest BCUT2D eigenvalue weighted by molar-refractivity contribution is 0.788. The van der Waals surface area contributed by atoms with Crippen LogP contribution in [0, 0.1) is 11.3 Å². The number of fused-ring (bicyclic) bond motifs is 1. The fraction of sp³-hybridized carbons (Fsp3) is 0.250. The largest absolute Gasteiger partial charge is 0.332 e. The van der Waals surface area contributed by atoms with Gasteiger partial charge in [-0.25, -0.2) is 4.52 Å². The maximum Gasteiger partial charge on any atom is 0.165 e. The van der Waals surface area contributed by atoms with E-state index in [0.29, 0.717) is 5.69 Å². The molecule has 0 amide bonds. The Morgan fingerprint density at radius 2 is 2.42 bits per heavy atom. The molecule has 12 heavy (non-hydrogen) atoms. The summed E-state index contributed by atoms with van der Waals surface area (Å²) in [5.74, 6) is 0. The van der Waals surface area contributed by atoms with Gasteiger partial charge in [0.05, 0.1) is 0 Å². The van der Waals surface area contributed by atoms with Gasteiger partial charge < -0.3 is 4.57 Å². The zero-order chi connectivity index (χ0) is 8.55. The van der Waals surface area contributed by atoms with Crippen molar-refractivity contribution in [3.8, 4) is 6.07 Å². The van der Waals surface area contributed by atoms with E-state index in [1.165, 1.54) is 0 Å². The Hall–Kier alpha value is -1.76. The van der Waals surface area contributed by atoms with E-state index < -0.39 is 0 Å².